The second-order valence-corrected chi connectivity index (χ2v) is 2.22. The van der Waals surface area contributed by atoms with Gasteiger partial charge in [0, 0.05) is 0 Å². The third kappa shape index (κ3) is 3.73. The van der Waals surface area contributed by atoms with E-state index < -0.39 is 0 Å². The molecule has 0 aliphatic heterocycles. The fourth-order valence-electron chi connectivity index (χ4n) is 0.379. The lowest BCUT2D eigenvalue weighted by atomic mass is 10.1. The van der Waals surface area contributed by atoms with Crippen molar-refractivity contribution in [3.05, 3.63) is 0 Å². The summed E-state index contributed by atoms with van der Waals surface area (Å²) >= 11 is 0. The Kier molecular flexibility index (Phi) is 3.72. The van der Waals surface area contributed by atoms with E-state index in [0.717, 1.165) is 0 Å². The average Bonchev–Trinajstić information content (AvgIpc) is 1.87. The molecule has 0 spiro atoms. The van der Waals surface area contributed by atoms with Gasteiger partial charge in [-0.15, -0.1) is 0 Å². The first-order valence-corrected chi connectivity index (χ1v) is 3.48. The molecule has 0 saturated heterocycles. The van der Waals surface area contributed by atoms with E-state index >= 15 is 0 Å². The summed E-state index contributed by atoms with van der Waals surface area (Å²) < 4.78 is 4.47. The van der Waals surface area contributed by atoms with Gasteiger partial charge in [0.2, 0.25) is 10.5 Å². The fourth-order valence-corrected chi connectivity index (χ4v) is 0.546. The first-order valence-electron chi connectivity index (χ1n) is 2.67. The van der Waals surface area contributed by atoms with E-state index in [0.29, 0.717) is 10.5 Å². The molecule has 0 heterocycles. The molecule has 1 unspecified atom stereocenters. The molecule has 0 aromatic rings. The lowest BCUT2D eigenvalue weighted by Crippen LogP contribution is -2.05. The topological polar surface area (TPSA) is 50.1 Å². The van der Waals surface area contributed by atoms with Crippen molar-refractivity contribution in [3.8, 4) is 6.07 Å². The van der Waals surface area contributed by atoms with E-state index in [1.807, 2.05) is 6.07 Å². The van der Waals surface area contributed by atoms with Gasteiger partial charge in [-0.1, -0.05) is 0 Å². The average molecular weight is 143 g/mol. The molecule has 0 aliphatic carbocycles. The van der Waals surface area contributed by atoms with Crippen LogP contribution in [0, 0.1) is 17.2 Å². The Labute approximate surface area is 57.2 Å². The van der Waals surface area contributed by atoms with Crippen LogP contribution in [0.3, 0.4) is 0 Å². The first kappa shape index (κ1) is 8.18. The van der Waals surface area contributed by atoms with Crippen molar-refractivity contribution >= 4 is 16.5 Å². The molecule has 0 saturated carbocycles. The third-order valence-electron chi connectivity index (χ3n) is 0.921. The van der Waals surface area contributed by atoms with Crippen LogP contribution >= 0.6 is 0 Å². The highest BCUT2D eigenvalue weighted by molar-refractivity contribution is 6.05. The van der Waals surface area contributed by atoms with E-state index in [1.165, 1.54) is 0 Å². The molecular weight excluding hydrogens is 134 g/mol. The summed E-state index contributed by atoms with van der Waals surface area (Å²) in [5.74, 6) is -0.484. The van der Waals surface area contributed by atoms with Crippen molar-refractivity contribution in [1.29, 1.82) is 5.26 Å². The number of rotatable bonds is 2. The van der Waals surface area contributed by atoms with Crippen LogP contribution in [0.15, 0.2) is 0 Å². The number of nitriles is 1. The summed E-state index contributed by atoms with van der Waals surface area (Å²) in [5.41, 5.74) is 0. The standard InChI is InChI=1S/C5H9NO2Si/c1-4(3-6)2-5(7)8-9/h4H,2H2,1,9H3. The molecule has 0 bridgehead atoms. The monoisotopic (exact) mass is 143 g/mol. The van der Waals surface area contributed by atoms with Crippen molar-refractivity contribution in [2.75, 3.05) is 0 Å². The van der Waals surface area contributed by atoms with Crippen LogP contribution in [0.5, 0.6) is 0 Å². The minimum absolute atomic E-state index is 0.216. The van der Waals surface area contributed by atoms with Gasteiger partial charge in [-0.25, -0.2) is 0 Å². The van der Waals surface area contributed by atoms with Gasteiger partial charge in [0.05, 0.1) is 18.4 Å². The molecule has 0 aromatic heterocycles. The van der Waals surface area contributed by atoms with Crippen LogP contribution in [0.2, 0.25) is 0 Å². The Morgan fingerprint density at radius 3 is 2.89 bits per heavy atom. The first-order chi connectivity index (χ1) is 4.20. The van der Waals surface area contributed by atoms with Gasteiger partial charge in [0.1, 0.15) is 0 Å². The Bertz CT molecular complexity index is 140. The summed E-state index contributed by atoms with van der Waals surface area (Å²) in [6, 6.07) is 1.94. The van der Waals surface area contributed by atoms with Crippen LogP contribution < -0.4 is 0 Å². The van der Waals surface area contributed by atoms with Gasteiger partial charge in [-0.05, 0) is 6.92 Å². The quantitative estimate of drug-likeness (QED) is 0.483. The molecular formula is C5H9NO2Si. The minimum atomic E-state index is -0.268. The molecule has 0 aromatic carbocycles. The lowest BCUT2D eigenvalue weighted by Gasteiger charge is -1.98. The summed E-state index contributed by atoms with van der Waals surface area (Å²) in [6.45, 7) is 1.69. The van der Waals surface area contributed by atoms with E-state index in [9.17, 15) is 4.79 Å². The third-order valence-corrected chi connectivity index (χ3v) is 1.38. The van der Waals surface area contributed by atoms with E-state index in [2.05, 4.69) is 4.43 Å². The SMILES string of the molecule is CC(C#N)CC(=O)O[SiH3]. The summed E-state index contributed by atoms with van der Waals surface area (Å²) in [5, 5.41) is 8.23. The number of carbonyl (C=O) groups is 1. The molecule has 50 valence electrons. The van der Waals surface area contributed by atoms with Gasteiger partial charge in [-0.2, -0.15) is 5.26 Å². The number of hydrogen-bond donors (Lipinski definition) is 0. The van der Waals surface area contributed by atoms with Crippen LogP contribution in [-0.4, -0.2) is 16.5 Å². The molecule has 0 fully saturated rings. The van der Waals surface area contributed by atoms with Crippen LogP contribution in [0.25, 0.3) is 0 Å². The van der Waals surface area contributed by atoms with Crippen molar-refractivity contribution in [2.24, 2.45) is 5.92 Å². The second-order valence-electron chi connectivity index (χ2n) is 1.81. The second kappa shape index (κ2) is 4.10. The van der Waals surface area contributed by atoms with Gasteiger partial charge in [0.15, 0.2) is 0 Å². The molecule has 1 atom stereocenters. The summed E-state index contributed by atoms with van der Waals surface area (Å²) in [4.78, 5) is 10.4. The Morgan fingerprint density at radius 1 is 2.00 bits per heavy atom. The van der Waals surface area contributed by atoms with Crippen molar-refractivity contribution in [1.82, 2.24) is 0 Å². The molecule has 0 amide bonds. The van der Waals surface area contributed by atoms with Crippen LogP contribution in [0.1, 0.15) is 13.3 Å². The Morgan fingerprint density at radius 2 is 2.56 bits per heavy atom. The summed E-state index contributed by atoms with van der Waals surface area (Å²) in [7, 11) is 0.422. The highest BCUT2D eigenvalue weighted by Gasteiger charge is 2.05. The normalized spacial score (nSPS) is 12.0. The van der Waals surface area contributed by atoms with E-state index in [-0.39, 0.29) is 18.3 Å². The van der Waals surface area contributed by atoms with Crippen LogP contribution in [0.4, 0.5) is 0 Å². The van der Waals surface area contributed by atoms with Gasteiger partial charge < -0.3 is 4.43 Å². The number of carbonyl (C=O) groups excluding carboxylic acids is 1. The van der Waals surface area contributed by atoms with Crippen LogP contribution in [-0.2, 0) is 9.22 Å². The van der Waals surface area contributed by atoms with Crippen molar-refractivity contribution < 1.29 is 9.22 Å². The number of hydrogen-bond acceptors (Lipinski definition) is 3. The molecule has 3 nitrogen and oxygen atoms in total. The molecule has 9 heavy (non-hydrogen) atoms. The molecule has 0 rings (SSSR count). The zero-order chi connectivity index (χ0) is 7.28. The summed E-state index contributed by atoms with van der Waals surface area (Å²) in [6.07, 6.45) is 0.222. The van der Waals surface area contributed by atoms with E-state index in [1.54, 1.807) is 6.92 Å². The predicted molar refractivity (Wildman–Crippen MR) is 35.4 cm³/mol. The van der Waals surface area contributed by atoms with Gasteiger partial charge in [0.25, 0.3) is 5.97 Å². The largest absolute Gasteiger partial charge is 0.529 e. The van der Waals surface area contributed by atoms with Crippen molar-refractivity contribution in [3.63, 3.8) is 0 Å². The molecule has 4 heteroatoms. The van der Waals surface area contributed by atoms with Crippen molar-refractivity contribution in [2.45, 2.75) is 13.3 Å². The highest BCUT2D eigenvalue weighted by atomic mass is 28.2. The zero-order valence-corrected chi connectivity index (χ0v) is 7.55. The Hall–Kier alpha value is -0.823. The highest BCUT2D eigenvalue weighted by Crippen LogP contribution is 1.99. The van der Waals surface area contributed by atoms with E-state index in [4.69, 9.17) is 5.26 Å². The fraction of sp³-hybridized carbons (Fsp3) is 0.600. The zero-order valence-electron chi connectivity index (χ0n) is 5.55. The molecule has 0 radical (unpaired) electrons. The molecule has 0 aliphatic rings. The Balaban J connectivity index is 3.50. The van der Waals surface area contributed by atoms with Gasteiger partial charge >= 0.3 is 0 Å². The predicted octanol–water partition coefficient (Wildman–Crippen LogP) is -0.640. The maximum absolute atomic E-state index is 10.4. The number of nitrogens with zero attached hydrogens (tertiary/aromatic N) is 1. The smallest absolute Gasteiger partial charge is 0.293 e. The maximum Gasteiger partial charge on any atom is 0.293 e. The maximum atomic E-state index is 10.4. The molecule has 0 N–H and O–H groups in total. The lowest BCUT2D eigenvalue weighted by molar-refractivity contribution is -0.134. The minimum Gasteiger partial charge on any atom is -0.529 e. The van der Waals surface area contributed by atoms with Gasteiger partial charge in [-0.3, -0.25) is 4.79 Å².